The maximum absolute atomic E-state index is 5.54. The van der Waals surface area contributed by atoms with Crippen LogP contribution in [0.15, 0.2) is 12.4 Å². The first-order chi connectivity index (χ1) is 5.56. The molecular weight excluding hydrogens is 150 g/mol. The molecule has 0 aliphatic carbocycles. The van der Waals surface area contributed by atoms with Crippen molar-refractivity contribution in [2.24, 2.45) is 0 Å². The molecular formula is C9H15N3. The van der Waals surface area contributed by atoms with E-state index < -0.39 is 0 Å². The van der Waals surface area contributed by atoms with Crippen molar-refractivity contribution < 1.29 is 0 Å². The van der Waals surface area contributed by atoms with Gasteiger partial charge in [0.1, 0.15) is 5.82 Å². The van der Waals surface area contributed by atoms with E-state index in [-0.39, 0.29) is 5.41 Å². The predicted molar refractivity (Wildman–Crippen MR) is 49.8 cm³/mol. The van der Waals surface area contributed by atoms with E-state index >= 15 is 0 Å². The van der Waals surface area contributed by atoms with Gasteiger partial charge in [-0.3, -0.25) is 4.98 Å². The van der Waals surface area contributed by atoms with Gasteiger partial charge in [-0.05, 0) is 6.42 Å². The minimum Gasteiger partial charge on any atom is -0.382 e. The lowest BCUT2D eigenvalue weighted by molar-refractivity contribution is 0.489. The Labute approximate surface area is 73.0 Å². The van der Waals surface area contributed by atoms with Crippen molar-refractivity contribution in [2.75, 3.05) is 5.73 Å². The Bertz CT molecular complexity index is 268. The van der Waals surface area contributed by atoms with Gasteiger partial charge >= 0.3 is 0 Å². The summed E-state index contributed by atoms with van der Waals surface area (Å²) in [6, 6.07) is 0. The van der Waals surface area contributed by atoms with Gasteiger partial charge < -0.3 is 5.73 Å². The fraction of sp³-hybridized carbons (Fsp3) is 0.556. The normalized spacial score (nSPS) is 11.6. The number of hydrogen-bond donors (Lipinski definition) is 1. The van der Waals surface area contributed by atoms with Gasteiger partial charge in [-0.15, -0.1) is 0 Å². The van der Waals surface area contributed by atoms with E-state index in [1.165, 1.54) is 0 Å². The van der Waals surface area contributed by atoms with Crippen molar-refractivity contribution >= 4 is 5.82 Å². The first kappa shape index (κ1) is 8.97. The van der Waals surface area contributed by atoms with Gasteiger partial charge in [0.2, 0.25) is 0 Å². The summed E-state index contributed by atoms with van der Waals surface area (Å²) in [7, 11) is 0. The molecule has 1 rings (SSSR count). The summed E-state index contributed by atoms with van der Waals surface area (Å²) in [6.45, 7) is 6.40. The van der Waals surface area contributed by atoms with Crippen LogP contribution >= 0.6 is 0 Å². The molecule has 0 saturated carbocycles. The van der Waals surface area contributed by atoms with E-state index in [1.54, 1.807) is 12.4 Å². The summed E-state index contributed by atoms with van der Waals surface area (Å²) in [5.74, 6) is 0.494. The highest BCUT2D eigenvalue weighted by atomic mass is 14.9. The molecule has 2 N–H and O–H groups in total. The van der Waals surface area contributed by atoms with Gasteiger partial charge in [-0.1, -0.05) is 20.8 Å². The second-order valence-corrected chi connectivity index (χ2v) is 3.57. The molecule has 0 fully saturated rings. The summed E-state index contributed by atoms with van der Waals surface area (Å²) in [5, 5.41) is 0. The van der Waals surface area contributed by atoms with Crippen molar-refractivity contribution in [3.05, 3.63) is 18.1 Å². The van der Waals surface area contributed by atoms with Crippen LogP contribution in [0.5, 0.6) is 0 Å². The third-order valence-electron chi connectivity index (χ3n) is 2.23. The largest absolute Gasteiger partial charge is 0.382 e. The lowest BCUT2D eigenvalue weighted by Gasteiger charge is -2.21. The lowest BCUT2D eigenvalue weighted by atomic mass is 9.87. The molecule has 0 saturated heterocycles. The van der Waals surface area contributed by atoms with Gasteiger partial charge in [-0.2, -0.15) is 0 Å². The van der Waals surface area contributed by atoms with Gasteiger partial charge in [0.15, 0.2) is 0 Å². The van der Waals surface area contributed by atoms with Crippen LogP contribution in [0.3, 0.4) is 0 Å². The zero-order valence-corrected chi connectivity index (χ0v) is 7.83. The second-order valence-electron chi connectivity index (χ2n) is 3.57. The monoisotopic (exact) mass is 165 g/mol. The van der Waals surface area contributed by atoms with Crippen LogP contribution < -0.4 is 5.73 Å². The fourth-order valence-electron chi connectivity index (χ4n) is 0.888. The molecule has 0 amide bonds. The molecule has 0 bridgehead atoms. The maximum atomic E-state index is 5.54. The van der Waals surface area contributed by atoms with Gasteiger partial charge in [0.25, 0.3) is 0 Å². The Morgan fingerprint density at radius 1 is 1.42 bits per heavy atom. The Morgan fingerprint density at radius 3 is 2.58 bits per heavy atom. The highest BCUT2D eigenvalue weighted by molar-refractivity contribution is 5.26. The smallest absolute Gasteiger partial charge is 0.142 e. The Morgan fingerprint density at radius 2 is 2.08 bits per heavy atom. The molecule has 66 valence electrons. The molecule has 1 aromatic heterocycles. The number of hydrogen-bond acceptors (Lipinski definition) is 3. The van der Waals surface area contributed by atoms with Crippen molar-refractivity contribution in [3.8, 4) is 0 Å². The average molecular weight is 165 g/mol. The standard InChI is InChI=1S/C9H15N3/c1-4-9(2,3)7-5-11-6-8(10)12-7/h5-6H,4H2,1-3H3,(H2,10,12). The zero-order valence-electron chi connectivity index (χ0n) is 7.83. The van der Waals surface area contributed by atoms with E-state index in [0.717, 1.165) is 12.1 Å². The fourth-order valence-corrected chi connectivity index (χ4v) is 0.888. The molecule has 0 aromatic carbocycles. The molecule has 0 radical (unpaired) electrons. The zero-order chi connectivity index (χ0) is 9.19. The minimum absolute atomic E-state index is 0.0718. The van der Waals surface area contributed by atoms with Crippen LogP contribution in [0.2, 0.25) is 0 Å². The molecule has 0 aliphatic rings. The van der Waals surface area contributed by atoms with Gasteiger partial charge in [0, 0.05) is 11.6 Å². The molecule has 1 aromatic rings. The molecule has 1 heterocycles. The van der Waals surface area contributed by atoms with Crippen molar-refractivity contribution in [3.63, 3.8) is 0 Å². The number of nitrogen functional groups attached to an aromatic ring is 1. The second kappa shape index (κ2) is 3.09. The van der Waals surface area contributed by atoms with Crippen LogP contribution in [-0.2, 0) is 5.41 Å². The summed E-state index contributed by atoms with van der Waals surface area (Å²) >= 11 is 0. The molecule has 3 nitrogen and oxygen atoms in total. The van der Waals surface area contributed by atoms with E-state index in [4.69, 9.17) is 5.73 Å². The van der Waals surface area contributed by atoms with Crippen LogP contribution in [-0.4, -0.2) is 9.97 Å². The summed E-state index contributed by atoms with van der Waals surface area (Å²) in [4.78, 5) is 8.24. The van der Waals surface area contributed by atoms with Gasteiger partial charge in [0.05, 0.1) is 11.9 Å². The van der Waals surface area contributed by atoms with Crippen LogP contribution in [0.1, 0.15) is 32.9 Å². The summed E-state index contributed by atoms with van der Waals surface area (Å²) < 4.78 is 0. The van der Waals surface area contributed by atoms with Crippen molar-refractivity contribution in [1.82, 2.24) is 9.97 Å². The summed E-state index contributed by atoms with van der Waals surface area (Å²) in [5.41, 5.74) is 6.57. The molecule has 12 heavy (non-hydrogen) atoms. The van der Waals surface area contributed by atoms with E-state index in [1.807, 2.05) is 0 Å². The number of aromatic nitrogens is 2. The minimum atomic E-state index is 0.0718. The summed E-state index contributed by atoms with van der Waals surface area (Å²) in [6.07, 6.45) is 4.38. The first-order valence-electron chi connectivity index (χ1n) is 4.14. The number of nitrogens with zero attached hydrogens (tertiary/aromatic N) is 2. The van der Waals surface area contributed by atoms with Crippen molar-refractivity contribution in [1.29, 1.82) is 0 Å². The third kappa shape index (κ3) is 1.72. The highest BCUT2D eigenvalue weighted by Crippen LogP contribution is 2.24. The third-order valence-corrected chi connectivity index (χ3v) is 2.23. The molecule has 0 spiro atoms. The Balaban J connectivity index is 3.03. The van der Waals surface area contributed by atoms with Gasteiger partial charge in [-0.25, -0.2) is 4.98 Å². The van der Waals surface area contributed by atoms with Crippen LogP contribution in [0, 0.1) is 0 Å². The van der Waals surface area contributed by atoms with E-state index in [0.29, 0.717) is 5.82 Å². The quantitative estimate of drug-likeness (QED) is 0.726. The van der Waals surface area contributed by atoms with Crippen molar-refractivity contribution in [2.45, 2.75) is 32.6 Å². The van der Waals surface area contributed by atoms with E-state index in [2.05, 4.69) is 30.7 Å². The van der Waals surface area contributed by atoms with Crippen LogP contribution in [0.25, 0.3) is 0 Å². The number of rotatable bonds is 2. The molecule has 3 heteroatoms. The highest BCUT2D eigenvalue weighted by Gasteiger charge is 2.19. The Kier molecular flexibility index (Phi) is 2.31. The molecule has 0 atom stereocenters. The number of anilines is 1. The topological polar surface area (TPSA) is 51.8 Å². The SMILES string of the molecule is CCC(C)(C)c1cncc(N)n1. The number of nitrogens with two attached hydrogens (primary N) is 1. The van der Waals surface area contributed by atoms with Crippen LogP contribution in [0.4, 0.5) is 5.82 Å². The first-order valence-corrected chi connectivity index (χ1v) is 4.14. The molecule has 0 unspecified atom stereocenters. The lowest BCUT2D eigenvalue weighted by Crippen LogP contribution is -2.18. The molecule has 0 aliphatic heterocycles. The maximum Gasteiger partial charge on any atom is 0.142 e. The Hall–Kier alpha value is -1.12. The predicted octanol–water partition coefficient (Wildman–Crippen LogP) is 1.75. The average Bonchev–Trinajstić information content (AvgIpc) is 2.05. The van der Waals surface area contributed by atoms with E-state index in [9.17, 15) is 0 Å².